The van der Waals surface area contributed by atoms with Crippen molar-refractivity contribution in [2.45, 2.75) is 12.2 Å². The van der Waals surface area contributed by atoms with Crippen LogP contribution in [0.4, 0.5) is 17.6 Å². The van der Waals surface area contributed by atoms with Crippen LogP contribution in [-0.4, -0.2) is 27.0 Å². The highest BCUT2D eigenvalue weighted by Crippen LogP contribution is 2.31. The molecule has 0 aliphatic carbocycles. The largest absolute Gasteiger partial charge is 0.534 e. The van der Waals surface area contributed by atoms with E-state index in [1.165, 1.54) is 0 Å². The van der Waals surface area contributed by atoms with Crippen LogP contribution in [0.5, 0.6) is 5.75 Å². The Morgan fingerprint density at radius 1 is 1.30 bits per heavy atom. The first-order valence-corrected chi connectivity index (χ1v) is 6.31. The van der Waals surface area contributed by atoms with Gasteiger partial charge >= 0.3 is 21.6 Å². The predicted molar refractivity (Wildman–Crippen MR) is 58.2 cm³/mol. The van der Waals surface area contributed by atoms with E-state index in [1.807, 2.05) is 0 Å². The van der Waals surface area contributed by atoms with Crippen LogP contribution in [0.25, 0.3) is 0 Å². The lowest BCUT2D eigenvalue weighted by molar-refractivity contribution is -0.0500. The van der Waals surface area contributed by atoms with E-state index in [0.717, 1.165) is 25.3 Å². The van der Waals surface area contributed by atoms with Crippen molar-refractivity contribution in [2.24, 2.45) is 0 Å². The number of carbonyl (C=O) groups is 1. The van der Waals surface area contributed by atoms with Crippen molar-refractivity contribution in [3.8, 4) is 5.75 Å². The SMILES string of the molecule is COC(=O)c1cccc(OS(=O)(=O)C(F)(F)F)c1CF. The molecule has 1 aromatic carbocycles. The van der Waals surface area contributed by atoms with E-state index >= 15 is 0 Å². The number of ether oxygens (including phenoxy) is 1. The molecule has 0 aliphatic rings. The molecular formula is C10H8F4O5S. The molecular weight excluding hydrogens is 308 g/mol. The fraction of sp³-hybridized carbons (Fsp3) is 0.300. The summed E-state index contributed by atoms with van der Waals surface area (Å²) in [7, 11) is -4.97. The van der Waals surface area contributed by atoms with Crippen molar-refractivity contribution in [1.29, 1.82) is 0 Å². The van der Waals surface area contributed by atoms with Crippen molar-refractivity contribution in [3.05, 3.63) is 29.3 Å². The van der Waals surface area contributed by atoms with Gasteiger partial charge in [0.05, 0.1) is 12.7 Å². The summed E-state index contributed by atoms with van der Waals surface area (Å²) >= 11 is 0. The lowest BCUT2D eigenvalue weighted by Crippen LogP contribution is -2.28. The van der Waals surface area contributed by atoms with Crippen molar-refractivity contribution in [1.82, 2.24) is 0 Å². The molecule has 1 rings (SSSR count). The zero-order valence-corrected chi connectivity index (χ0v) is 10.7. The molecule has 0 unspecified atom stereocenters. The summed E-state index contributed by atoms with van der Waals surface area (Å²) in [5.74, 6) is -1.96. The molecule has 0 aromatic heterocycles. The lowest BCUT2D eigenvalue weighted by Gasteiger charge is -2.13. The van der Waals surface area contributed by atoms with E-state index in [1.54, 1.807) is 0 Å². The Bertz CT molecular complexity index is 609. The highest BCUT2D eigenvalue weighted by molar-refractivity contribution is 7.88. The molecule has 5 nitrogen and oxygen atoms in total. The highest BCUT2D eigenvalue weighted by atomic mass is 32.2. The summed E-state index contributed by atoms with van der Waals surface area (Å²) < 4.78 is 79.2. The van der Waals surface area contributed by atoms with Gasteiger partial charge in [-0.2, -0.15) is 21.6 Å². The minimum absolute atomic E-state index is 0.426. The van der Waals surface area contributed by atoms with Crippen LogP contribution in [0, 0.1) is 0 Å². The van der Waals surface area contributed by atoms with Gasteiger partial charge in [-0.25, -0.2) is 9.18 Å². The smallest absolute Gasteiger partial charge is 0.465 e. The van der Waals surface area contributed by atoms with Crippen LogP contribution in [0.1, 0.15) is 15.9 Å². The highest BCUT2D eigenvalue weighted by Gasteiger charge is 2.48. The summed E-state index contributed by atoms with van der Waals surface area (Å²) in [6, 6.07) is 2.89. The predicted octanol–water partition coefficient (Wildman–Crippen LogP) is 2.17. The fourth-order valence-electron chi connectivity index (χ4n) is 1.25. The maximum atomic E-state index is 12.9. The Hall–Kier alpha value is -1.84. The molecule has 0 saturated carbocycles. The number of alkyl halides is 4. The third kappa shape index (κ3) is 3.18. The van der Waals surface area contributed by atoms with Crippen molar-refractivity contribution < 1.29 is 39.7 Å². The normalized spacial score (nSPS) is 12.1. The summed E-state index contributed by atoms with van der Waals surface area (Å²) in [6.45, 7) is -1.41. The number of benzene rings is 1. The quantitative estimate of drug-likeness (QED) is 0.368. The number of esters is 1. The maximum Gasteiger partial charge on any atom is 0.534 e. The Morgan fingerprint density at radius 2 is 1.90 bits per heavy atom. The van der Waals surface area contributed by atoms with Gasteiger partial charge in [0.25, 0.3) is 0 Å². The molecule has 10 heteroatoms. The second-order valence-electron chi connectivity index (χ2n) is 3.39. The average Bonchev–Trinajstić information content (AvgIpc) is 2.35. The number of methoxy groups -OCH3 is 1. The van der Waals surface area contributed by atoms with E-state index in [2.05, 4.69) is 8.92 Å². The zero-order valence-electron chi connectivity index (χ0n) is 9.90. The molecule has 0 aliphatic heterocycles. The zero-order chi connectivity index (χ0) is 15.6. The molecule has 20 heavy (non-hydrogen) atoms. The maximum absolute atomic E-state index is 12.9. The molecule has 0 heterocycles. The molecule has 0 N–H and O–H groups in total. The van der Waals surface area contributed by atoms with Gasteiger partial charge < -0.3 is 8.92 Å². The Kier molecular flexibility index (Phi) is 4.58. The number of rotatable bonds is 4. The molecule has 0 radical (unpaired) electrons. The first kappa shape index (κ1) is 16.2. The summed E-state index contributed by atoms with van der Waals surface area (Å²) in [4.78, 5) is 11.3. The van der Waals surface area contributed by atoms with E-state index in [4.69, 9.17) is 0 Å². The monoisotopic (exact) mass is 316 g/mol. The second kappa shape index (κ2) is 5.65. The van der Waals surface area contributed by atoms with Crippen molar-refractivity contribution >= 4 is 16.1 Å². The number of hydrogen-bond acceptors (Lipinski definition) is 5. The standard InChI is InChI=1S/C10H8F4O5S/c1-18-9(15)6-3-2-4-8(7(6)5-11)19-20(16,17)10(12,13)14/h2-4H,5H2,1H3. The Balaban J connectivity index is 3.31. The molecule has 0 saturated heterocycles. The summed E-state index contributed by atoms with van der Waals surface area (Å²) in [6.07, 6.45) is 0. The van der Waals surface area contributed by atoms with Crippen molar-refractivity contribution in [3.63, 3.8) is 0 Å². The van der Waals surface area contributed by atoms with Gasteiger partial charge in [0.15, 0.2) is 0 Å². The molecule has 112 valence electrons. The van der Waals surface area contributed by atoms with Crippen LogP contribution in [0.15, 0.2) is 18.2 Å². The van der Waals surface area contributed by atoms with E-state index in [-0.39, 0.29) is 0 Å². The van der Waals surface area contributed by atoms with Crippen LogP contribution >= 0.6 is 0 Å². The first-order chi connectivity index (χ1) is 9.14. The Labute approximate surface area is 111 Å². The minimum atomic E-state index is -5.95. The van der Waals surface area contributed by atoms with Crippen LogP contribution < -0.4 is 4.18 Å². The molecule has 0 spiro atoms. The van der Waals surface area contributed by atoms with Crippen LogP contribution in [0.2, 0.25) is 0 Å². The first-order valence-electron chi connectivity index (χ1n) is 4.91. The average molecular weight is 316 g/mol. The molecule has 0 amide bonds. The topological polar surface area (TPSA) is 69.7 Å². The minimum Gasteiger partial charge on any atom is -0.465 e. The van der Waals surface area contributed by atoms with E-state index < -0.39 is 45.1 Å². The van der Waals surface area contributed by atoms with Gasteiger partial charge in [-0.1, -0.05) is 6.07 Å². The van der Waals surface area contributed by atoms with Gasteiger partial charge in [-0.3, -0.25) is 0 Å². The molecule has 0 bridgehead atoms. The Morgan fingerprint density at radius 3 is 2.35 bits per heavy atom. The summed E-state index contributed by atoms with van der Waals surface area (Å²) in [5, 5.41) is 0. The molecule has 0 fully saturated rings. The van der Waals surface area contributed by atoms with Crippen molar-refractivity contribution in [2.75, 3.05) is 7.11 Å². The second-order valence-corrected chi connectivity index (χ2v) is 4.93. The van der Waals surface area contributed by atoms with Gasteiger partial charge in [0, 0.05) is 5.56 Å². The fourth-order valence-corrected chi connectivity index (χ4v) is 1.74. The van der Waals surface area contributed by atoms with Gasteiger partial charge in [-0.15, -0.1) is 0 Å². The third-order valence-electron chi connectivity index (χ3n) is 2.15. The number of halogens is 4. The summed E-state index contributed by atoms with van der Waals surface area (Å²) in [5.41, 5.74) is -6.74. The third-order valence-corrected chi connectivity index (χ3v) is 3.12. The van der Waals surface area contributed by atoms with Crippen LogP contribution in [-0.2, 0) is 21.5 Å². The lowest BCUT2D eigenvalue weighted by atomic mass is 10.1. The van der Waals surface area contributed by atoms with Crippen LogP contribution in [0.3, 0.4) is 0 Å². The van der Waals surface area contributed by atoms with Gasteiger partial charge in [0.1, 0.15) is 12.4 Å². The van der Waals surface area contributed by atoms with Gasteiger partial charge in [-0.05, 0) is 12.1 Å². The number of hydrogen-bond donors (Lipinski definition) is 0. The molecule has 1 aromatic rings. The number of carbonyl (C=O) groups excluding carboxylic acids is 1. The van der Waals surface area contributed by atoms with E-state index in [0.29, 0.717) is 0 Å². The van der Waals surface area contributed by atoms with E-state index in [9.17, 15) is 30.8 Å². The molecule has 0 atom stereocenters. The van der Waals surface area contributed by atoms with Gasteiger partial charge in [0.2, 0.25) is 0 Å².